The van der Waals surface area contributed by atoms with E-state index in [0.717, 1.165) is 25.4 Å². The van der Waals surface area contributed by atoms with Crippen molar-refractivity contribution in [3.63, 3.8) is 0 Å². The molecule has 5 saturated heterocycles. The molecule has 6 N–H and O–H groups in total. The van der Waals surface area contributed by atoms with Crippen LogP contribution in [0, 0.1) is 24.8 Å². The van der Waals surface area contributed by atoms with Gasteiger partial charge in [-0.25, -0.2) is 16.2 Å². The fourth-order valence-corrected chi connectivity index (χ4v) is 17.0. The molecule has 123 heavy (non-hydrogen) atoms. The summed E-state index contributed by atoms with van der Waals surface area (Å²) >= 11 is 6.44. The Kier molecular flexibility index (Phi) is 52.1. The van der Waals surface area contributed by atoms with Gasteiger partial charge in [0.1, 0.15) is 97.0 Å². The van der Waals surface area contributed by atoms with Crippen LogP contribution in [0.25, 0.3) is 4.85 Å². The summed E-state index contributed by atoms with van der Waals surface area (Å²) in [5.74, 6) is -0.244. The van der Waals surface area contributed by atoms with Gasteiger partial charge in [-0.05, 0) is 140 Å². The number of nitriles is 1. The van der Waals surface area contributed by atoms with Gasteiger partial charge in [-0.1, -0.05) is 77.9 Å². The minimum Gasteiger partial charge on any atom is -0.388 e. The average Bonchev–Trinajstić information content (AvgIpc) is 1.65. The summed E-state index contributed by atoms with van der Waals surface area (Å²) in [5.41, 5.74) is -0.451. The largest absolute Gasteiger partial charge is 0.388 e. The summed E-state index contributed by atoms with van der Waals surface area (Å²) in [4.78, 5) is 58.2. The van der Waals surface area contributed by atoms with Gasteiger partial charge in [-0.15, -0.1) is 0 Å². The number of anilines is 1. The van der Waals surface area contributed by atoms with Crippen LogP contribution in [0.1, 0.15) is 198 Å². The van der Waals surface area contributed by atoms with E-state index in [1.54, 1.807) is 66.7 Å². The summed E-state index contributed by atoms with van der Waals surface area (Å²) in [6, 6.07) is 10.9. The van der Waals surface area contributed by atoms with Gasteiger partial charge < -0.3 is 111 Å². The van der Waals surface area contributed by atoms with Crippen molar-refractivity contribution in [2.45, 2.75) is 372 Å². The first kappa shape index (κ1) is 113. The van der Waals surface area contributed by atoms with Crippen molar-refractivity contribution in [1.82, 2.24) is 19.1 Å². The molecule has 0 aliphatic carbocycles. The normalized spacial score (nSPS) is 29.7. The molecule has 2 aromatic heterocycles. The number of halogens is 1. The van der Waals surface area contributed by atoms with E-state index in [2.05, 4.69) is 44.8 Å². The van der Waals surface area contributed by atoms with Crippen LogP contribution in [0.4, 0.5) is 5.82 Å². The number of aliphatic hydroxyl groups is 4. The molecule has 7 unspecified atom stereocenters. The number of nitrogens with zero attached hydrogens (tertiary/aromatic N) is 6. The van der Waals surface area contributed by atoms with Gasteiger partial charge in [0.05, 0.1) is 104 Å². The molecular weight excluding hydrogens is 1650 g/mol. The summed E-state index contributed by atoms with van der Waals surface area (Å²) < 4.78 is 103. The minimum absolute atomic E-state index is 0.0416. The van der Waals surface area contributed by atoms with Crippen LogP contribution in [-0.4, -0.2) is 313 Å². The fraction of sp³-hybridized carbons (Fsp3) is 0.798. The van der Waals surface area contributed by atoms with E-state index in [1.165, 1.54) is 27.6 Å². The zero-order valence-electron chi connectivity index (χ0n) is 77.0. The summed E-state index contributed by atoms with van der Waals surface area (Å²) in [5, 5.41) is 52.2. The number of hydrogen-bond donors (Lipinski definition) is 6. The number of carbonyl (C=O) groups excluding carboxylic acids is 1. The van der Waals surface area contributed by atoms with E-state index < -0.39 is 123 Å². The highest BCUT2D eigenvalue weighted by Gasteiger charge is 2.50. The van der Waals surface area contributed by atoms with Crippen LogP contribution in [-0.2, 0) is 80.1 Å². The maximum atomic E-state index is 12.7. The Balaban J connectivity index is 0.000000390. The number of aromatic amines is 1. The molecular formula is C84H142B3ClN8O25P2. The number of nitrogens with one attached hydrogen (secondary N) is 2. The summed E-state index contributed by atoms with van der Waals surface area (Å²) in [7, 11) is 24.6. The van der Waals surface area contributed by atoms with Crippen molar-refractivity contribution in [3.8, 4) is 6.07 Å². The molecule has 0 bridgehead atoms. The van der Waals surface area contributed by atoms with E-state index in [0.29, 0.717) is 49.2 Å². The quantitative estimate of drug-likeness (QED) is 0.0134. The highest BCUT2D eigenvalue weighted by Crippen LogP contribution is 2.60. The number of ether oxygens (including phenoxy) is 15. The van der Waals surface area contributed by atoms with Crippen molar-refractivity contribution >= 4 is 61.3 Å². The van der Waals surface area contributed by atoms with Gasteiger partial charge in [0.15, 0.2) is 20.8 Å². The van der Waals surface area contributed by atoms with E-state index in [-0.39, 0.29) is 109 Å². The molecule has 5 aliphatic heterocycles. The number of methoxy groups -OCH3 is 5. The zero-order chi connectivity index (χ0) is 93.0. The molecule has 694 valence electrons. The van der Waals surface area contributed by atoms with E-state index >= 15 is 0 Å². The Bertz CT molecular complexity index is 3780. The molecule has 8 rings (SSSR count). The van der Waals surface area contributed by atoms with Crippen LogP contribution in [0.5, 0.6) is 0 Å². The standard InChI is InChI=1S/C22H29N3O6.C16H26N2O6.C15H27BNO5P.2C11H21BO4.C9H18ClN2P/c1-5-16-18(26)19(30-14(3)13(2)29-4)21(31-16)25-12-11-17(24-22(25)28)23-20(27)15-9-7-6-8-10-15;1-6-11-12(19)13(23-10(4)9(3)22-5)15(24-11)18-7-8(2)14(20)17-16(18)21;1-7-12-13(22-23(6)19-9-8-17-4)14(15(16)21-12)20-11(3)10(2)18-5;2*1-5-8-9(13)10(11(12)16-8)15-7(3)6(2)14-4;1-8(2)12-13(10,9(3)4)7-5-6-11/h6-14,16,18-19,21,26H,5H2,1-4H3,(H,23,24,27,28);7,9-13,15,19H,6H2,1-5H3,(H,17,20,21);10-15H,7-9H2,1-3,5-6H3;2*6-11,13H,5H2,1-4H3;8-9H,5,7H2,1-4H3/t13-,14+,16+,18?,19-,21+;9-,10+,11+,12?,13-,15+;10-,11+,12+,13?,14-,15+,23?;2*6-,7+,8+,9?,10-,11+;/m00000./s1. The topological polar surface area (TPSA) is 397 Å². The Labute approximate surface area is 739 Å². The number of amides is 1. The molecule has 33 nitrogen and oxygen atoms in total. The minimum atomic E-state index is -1.74. The smallest absolute Gasteiger partial charge is 0.351 e. The highest BCUT2D eigenvalue weighted by atomic mass is 35.7. The molecule has 32 atom stereocenters. The number of rotatable bonds is 38. The first-order valence-corrected chi connectivity index (χ1v) is 47.0. The number of hydrogen-bond acceptors (Lipinski definition) is 28. The van der Waals surface area contributed by atoms with Crippen molar-refractivity contribution in [1.29, 1.82) is 5.26 Å². The maximum Gasteiger partial charge on any atom is 0.351 e. The second-order valence-electron chi connectivity index (χ2n) is 31.5. The summed E-state index contributed by atoms with van der Waals surface area (Å²) in [6.45, 7) is 47.8. The third kappa shape index (κ3) is 34.4. The van der Waals surface area contributed by atoms with Crippen LogP contribution < -0.4 is 22.3 Å². The van der Waals surface area contributed by atoms with Gasteiger partial charge >= 0.3 is 11.4 Å². The lowest BCUT2D eigenvalue weighted by Crippen LogP contribution is -2.42. The van der Waals surface area contributed by atoms with Crippen molar-refractivity contribution < 1.29 is 105 Å². The summed E-state index contributed by atoms with van der Waals surface area (Å²) in [6.07, 6.45) is -5.23. The van der Waals surface area contributed by atoms with Crippen LogP contribution >= 0.6 is 26.0 Å². The molecule has 39 heteroatoms. The lowest BCUT2D eigenvalue weighted by Gasteiger charge is -2.30. The Morgan fingerprint density at radius 1 is 0.602 bits per heavy atom. The fourth-order valence-electron chi connectivity index (χ4n) is 13.2. The van der Waals surface area contributed by atoms with Crippen LogP contribution in [0.3, 0.4) is 0 Å². The molecule has 1 amide bonds. The van der Waals surface area contributed by atoms with Gasteiger partial charge in [0.25, 0.3) is 11.5 Å². The molecule has 1 aromatic carbocycles. The Morgan fingerprint density at radius 2 is 0.984 bits per heavy atom. The Morgan fingerprint density at radius 3 is 1.36 bits per heavy atom. The second kappa shape index (κ2) is 56.9. The number of H-pyrrole nitrogens is 1. The predicted octanol–water partition coefficient (Wildman–Crippen LogP) is 9.65. The van der Waals surface area contributed by atoms with Gasteiger partial charge in [0, 0.05) is 108 Å². The predicted molar refractivity (Wildman–Crippen MR) is 475 cm³/mol. The molecule has 5 aliphatic rings. The van der Waals surface area contributed by atoms with Crippen molar-refractivity contribution in [2.24, 2.45) is 4.74 Å². The van der Waals surface area contributed by atoms with Gasteiger partial charge in [0.2, 0.25) is 6.54 Å². The number of aryl methyl sites for hydroxylation is 1. The lowest BCUT2D eigenvalue weighted by molar-refractivity contribution is -0.129. The molecule has 5 fully saturated rings. The van der Waals surface area contributed by atoms with Crippen molar-refractivity contribution in [3.05, 3.63) is 103 Å². The van der Waals surface area contributed by atoms with Gasteiger partial charge in [-0.2, -0.15) is 10.2 Å². The molecule has 7 heterocycles. The third-order valence-electron chi connectivity index (χ3n) is 22.1. The first-order valence-electron chi connectivity index (χ1n) is 42.5. The zero-order valence-corrected chi connectivity index (χ0v) is 79.6. The maximum absolute atomic E-state index is 12.7. The molecule has 3 aromatic rings. The number of benzene rings is 1. The number of carbonyl (C=O) groups is 1. The average molecular weight is 1790 g/mol. The lowest BCUT2D eigenvalue weighted by atomic mass is 9.92. The Hall–Kier alpha value is -4.47. The van der Waals surface area contributed by atoms with E-state index in [1.807, 2.05) is 130 Å². The van der Waals surface area contributed by atoms with E-state index in [4.69, 9.17) is 127 Å². The highest BCUT2D eigenvalue weighted by molar-refractivity contribution is 7.91. The van der Waals surface area contributed by atoms with Gasteiger partial charge in [-0.3, -0.25) is 28.5 Å². The molecule has 6 radical (unpaired) electrons. The monoisotopic (exact) mass is 1790 g/mol. The van der Waals surface area contributed by atoms with Crippen LogP contribution in [0.2, 0.25) is 0 Å². The number of aromatic nitrogens is 4. The SMILES string of the molecule is CC(C)N=P(Cl)(CCC#N)C(C)C.CC[C@H]1O[C@@H](n2cc(C)c(=O)[nH]c2=O)[C@@H](O[C@H](C)[C@H](C)OC)C1O.CC[C@H]1O[C@@H](n2ccc(NC(=O)c3ccccc3)nc2=O)[C@@H](O[C@H](C)[C@H](C)OC)C1O.[B][C@@H]1O[C@H](CC)C(O)[C@@H]1O[C@H](C)[C@H](C)OC.[B][C@@H]1O[C@H](CC)C(O)[C@@H]1O[C@H](C)[C@H](C)OC.[B][C@@H]1O[C@H](CC)C(OP(C)OCC[N+]#[C-])[C@@H]1O[C@H](C)[C@H](C)OC. The first-order chi connectivity index (χ1) is 58.0. The van der Waals surface area contributed by atoms with E-state index in [9.17, 15) is 39.6 Å². The second-order valence-corrected chi connectivity index (χ2v) is 37.8. The van der Waals surface area contributed by atoms with Crippen molar-refractivity contribution in [2.75, 3.05) is 66.8 Å². The third-order valence-corrected chi connectivity index (χ3v) is 28.4. The molecule has 0 spiro atoms. The van der Waals surface area contributed by atoms with Crippen LogP contribution in [0.15, 0.2) is 67.9 Å². The molecule has 0 saturated carbocycles. The number of aliphatic hydroxyl groups excluding tert-OH is 4.